The molecule has 7 nitrogen and oxygen atoms in total. The van der Waals surface area contributed by atoms with Crippen molar-refractivity contribution in [2.75, 3.05) is 18.1 Å². The number of benzene rings is 2. The fourth-order valence-electron chi connectivity index (χ4n) is 3.56. The quantitative estimate of drug-likeness (QED) is 0.668. The highest BCUT2D eigenvalue weighted by molar-refractivity contribution is 5.96. The molecule has 1 amide bonds. The van der Waals surface area contributed by atoms with Crippen LogP contribution in [0.4, 0.5) is 5.69 Å². The molecular weight excluding hydrogens is 384 g/mol. The fourth-order valence-corrected chi connectivity index (χ4v) is 3.56. The second kappa shape index (κ2) is 8.65. The molecule has 0 aromatic heterocycles. The molecule has 1 atom stereocenters. The van der Waals surface area contributed by atoms with Crippen LogP contribution in [0.2, 0.25) is 0 Å². The molecule has 1 unspecified atom stereocenters. The Morgan fingerprint density at radius 2 is 1.90 bits per heavy atom. The summed E-state index contributed by atoms with van der Waals surface area (Å²) in [5, 5.41) is 12.2. The van der Waals surface area contributed by atoms with Gasteiger partial charge in [0, 0.05) is 18.7 Å². The van der Waals surface area contributed by atoms with Gasteiger partial charge in [-0.2, -0.15) is 4.91 Å². The van der Waals surface area contributed by atoms with Crippen molar-refractivity contribution in [3.05, 3.63) is 64.1 Å². The summed E-state index contributed by atoms with van der Waals surface area (Å²) < 4.78 is 5.67. The van der Waals surface area contributed by atoms with Crippen molar-refractivity contribution >= 4 is 17.6 Å². The number of nitrogens with zero attached hydrogens (tertiary/aromatic N) is 2. The minimum atomic E-state index is -1.01. The number of hydrogen-bond acceptors (Lipinski definition) is 5. The maximum atomic E-state index is 12.3. The third-order valence-corrected chi connectivity index (χ3v) is 5.21. The molecule has 1 N–H and O–H groups in total. The van der Waals surface area contributed by atoms with Gasteiger partial charge in [0.05, 0.1) is 5.56 Å². The van der Waals surface area contributed by atoms with E-state index in [9.17, 15) is 14.5 Å². The van der Waals surface area contributed by atoms with Crippen molar-refractivity contribution in [2.24, 2.45) is 5.18 Å². The van der Waals surface area contributed by atoms with E-state index >= 15 is 0 Å². The normalized spacial score (nSPS) is 15.2. The van der Waals surface area contributed by atoms with Gasteiger partial charge in [-0.05, 0) is 53.3 Å². The van der Waals surface area contributed by atoms with Crippen LogP contribution in [-0.2, 0) is 10.2 Å². The minimum Gasteiger partial charge on any atom is -0.491 e. The van der Waals surface area contributed by atoms with Crippen LogP contribution in [0.15, 0.2) is 47.6 Å². The topological polar surface area (TPSA) is 96.3 Å². The number of nitroso groups, excluding NO2 is 1. The molecule has 0 spiro atoms. The lowest BCUT2D eigenvalue weighted by atomic mass is 9.83. The Kier molecular flexibility index (Phi) is 6.20. The molecule has 2 aromatic carbocycles. The summed E-state index contributed by atoms with van der Waals surface area (Å²) in [5.74, 6) is -0.435. The molecule has 30 heavy (non-hydrogen) atoms. The predicted octanol–water partition coefficient (Wildman–Crippen LogP) is 4.70. The van der Waals surface area contributed by atoms with E-state index in [0.29, 0.717) is 24.3 Å². The second-order valence-electron chi connectivity index (χ2n) is 8.44. The lowest BCUT2D eigenvalue weighted by Crippen LogP contribution is -2.28. The number of anilines is 1. The first-order valence-electron chi connectivity index (χ1n) is 9.94. The molecule has 0 saturated carbocycles. The number of hydrogen-bond donors (Lipinski definition) is 1. The first kappa shape index (κ1) is 21.5. The smallest absolute Gasteiger partial charge is 0.335 e. The Balaban J connectivity index is 1.82. The van der Waals surface area contributed by atoms with Gasteiger partial charge in [0.2, 0.25) is 5.91 Å². The minimum absolute atomic E-state index is 0.0293. The summed E-state index contributed by atoms with van der Waals surface area (Å²) in [7, 11) is 0. The zero-order chi connectivity index (χ0) is 21.9. The Labute approximate surface area is 175 Å². The molecule has 1 fully saturated rings. The maximum Gasteiger partial charge on any atom is 0.335 e. The molecule has 1 aliphatic heterocycles. The van der Waals surface area contributed by atoms with E-state index in [0.717, 1.165) is 17.7 Å². The van der Waals surface area contributed by atoms with Crippen molar-refractivity contribution in [3.8, 4) is 5.75 Å². The van der Waals surface area contributed by atoms with Crippen LogP contribution in [0.5, 0.6) is 5.75 Å². The standard InChI is InChI=1S/C23H26N2O5/c1-23(2,3)18-13-16(8-11-20(18)25-12-4-5-21(25)26)19(24-29)14-30-17-9-6-15(7-10-17)22(27)28/h6-11,13,19H,4-5,12,14H2,1-3H3,(H,27,28). The van der Waals surface area contributed by atoms with Gasteiger partial charge in [0.25, 0.3) is 0 Å². The third-order valence-electron chi connectivity index (χ3n) is 5.21. The second-order valence-corrected chi connectivity index (χ2v) is 8.44. The van der Waals surface area contributed by atoms with Gasteiger partial charge in [-0.3, -0.25) is 4.79 Å². The molecule has 0 aliphatic carbocycles. The lowest BCUT2D eigenvalue weighted by Gasteiger charge is -2.28. The van der Waals surface area contributed by atoms with Crippen molar-refractivity contribution in [1.29, 1.82) is 0 Å². The van der Waals surface area contributed by atoms with Crippen molar-refractivity contribution in [1.82, 2.24) is 0 Å². The molecule has 7 heteroatoms. The SMILES string of the molecule is CC(C)(C)c1cc(C(COc2ccc(C(=O)O)cc2)N=O)ccc1N1CCCC1=O. The van der Waals surface area contributed by atoms with E-state index in [1.807, 2.05) is 23.1 Å². The zero-order valence-corrected chi connectivity index (χ0v) is 17.4. The molecule has 1 aliphatic rings. The van der Waals surface area contributed by atoms with Crippen LogP contribution in [0.1, 0.15) is 61.1 Å². The summed E-state index contributed by atoms with van der Waals surface area (Å²) >= 11 is 0. The van der Waals surface area contributed by atoms with Crippen LogP contribution in [0.25, 0.3) is 0 Å². The monoisotopic (exact) mass is 410 g/mol. The number of ether oxygens (including phenoxy) is 1. The van der Waals surface area contributed by atoms with Crippen molar-refractivity contribution in [3.63, 3.8) is 0 Å². The number of rotatable bonds is 7. The van der Waals surface area contributed by atoms with Gasteiger partial charge < -0.3 is 14.7 Å². The summed E-state index contributed by atoms with van der Waals surface area (Å²) in [6.45, 7) is 6.94. The number of aromatic carboxylic acids is 1. The summed E-state index contributed by atoms with van der Waals surface area (Å²) in [5.41, 5.74) is 2.51. The number of carboxylic acid groups (broad SMARTS) is 1. The first-order chi connectivity index (χ1) is 14.2. The highest BCUT2D eigenvalue weighted by Gasteiger charge is 2.29. The Morgan fingerprint density at radius 1 is 1.20 bits per heavy atom. The van der Waals surface area contributed by atoms with Gasteiger partial charge in [-0.25, -0.2) is 4.79 Å². The number of carbonyl (C=O) groups excluding carboxylic acids is 1. The van der Waals surface area contributed by atoms with E-state index in [1.165, 1.54) is 12.1 Å². The average molecular weight is 410 g/mol. The van der Waals surface area contributed by atoms with E-state index in [2.05, 4.69) is 25.9 Å². The summed E-state index contributed by atoms with van der Waals surface area (Å²) in [4.78, 5) is 36.6. The van der Waals surface area contributed by atoms with Crippen molar-refractivity contribution in [2.45, 2.75) is 45.1 Å². The first-order valence-corrected chi connectivity index (χ1v) is 9.94. The van der Waals surface area contributed by atoms with E-state index in [4.69, 9.17) is 9.84 Å². The van der Waals surface area contributed by atoms with E-state index < -0.39 is 12.0 Å². The maximum absolute atomic E-state index is 12.3. The molecular formula is C23H26N2O5. The van der Waals surface area contributed by atoms with Crippen molar-refractivity contribution < 1.29 is 19.4 Å². The molecule has 0 radical (unpaired) electrons. The summed E-state index contributed by atoms with van der Waals surface area (Å²) in [6, 6.07) is 10.9. The highest BCUT2D eigenvalue weighted by atomic mass is 16.5. The Morgan fingerprint density at radius 3 is 2.43 bits per heavy atom. The lowest BCUT2D eigenvalue weighted by molar-refractivity contribution is -0.117. The van der Waals surface area contributed by atoms with Gasteiger partial charge >= 0.3 is 5.97 Å². The van der Waals surface area contributed by atoms with Crippen LogP contribution in [-0.4, -0.2) is 30.1 Å². The fraction of sp³-hybridized carbons (Fsp3) is 0.391. The van der Waals surface area contributed by atoms with E-state index in [1.54, 1.807) is 12.1 Å². The van der Waals surface area contributed by atoms with Crippen LogP contribution >= 0.6 is 0 Å². The Bertz CT molecular complexity index is 947. The van der Waals surface area contributed by atoms with Gasteiger partial charge in [-0.15, -0.1) is 0 Å². The van der Waals surface area contributed by atoms with Crippen LogP contribution < -0.4 is 9.64 Å². The van der Waals surface area contributed by atoms with E-state index in [-0.39, 0.29) is 23.5 Å². The highest BCUT2D eigenvalue weighted by Crippen LogP contribution is 2.36. The largest absolute Gasteiger partial charge is 0.491 e. The molecule has 0 bridgehead atoms. The molecule has 158 valence electrons. The third kappa shape index (κ3) is 4.67. The number of carbonyl (C=O) groups is 2. The number of amides is 1. The zero-order valence-electron chi connectivity index (χ0n) is 17.4. The average Bonchev–Trinajstić information content (AvgIpc) is 3.13. The van der Waals surface area contributed by atoms with Crippen LogP contribution in [0, 0.1) is 4.91 Å². The van der Waals surface area contributed by atoms with Crippen LogP contribution in [0.3, 0.4) is 0 Å². The predicted molar refractivity (Wildman–Crippen MR) is 114 cm³/mol. The number of carboxylic acids is 1. The van der Waals surface area contributed by atoms with Gasteiger partial charge in [-0.1, -0.05) is 38.1 Å². The molecule has 1 heterocycles. The molecule has 1 saturated heterocycles. The Hall–Kier alpha value is -3.22. The van der Waals surface area contributed by atoms with Gasteiger partial charge in [0.15, 0.2) is 6.04 Å². The molecule has 2 aromatic rings. The van der Waals surface area contributed by atoms with Gasteiger partial charge in [0.1, 0.15) is 12.4 Å². The molecule has 3 rings (SSSR count). The summed E-state index contributed by atoms with van der Waals surface area (Å²) in [6.07, 6.45) is 1.40.